The zero-order valence-electron chi connectivity index (χ0n) is 12.6. The second kappa shape index (κ2) is 5.31. The monoisotopic (exact) mass is 273 g/mol. The van der Waals surface area contributed by atoms with E-state index in [9.17, 15) is 0 Å². The lowest BCUT2D eigenvalue weighted by Gasteiger charge is -2.04. The first-order chi connectivity index (χ1) is 9.67. The third-order valence-electron chi connectivity index (χ3n) is 3.86. The molecular weight excluding hydrogens is 250 g/mol. The minimum atomic E-state index is 0.700. The van der Waals surface area contributed by atoms with E-state index >= 15 is 0 Å². The van der Waals surface area contributed by atoms with Crippen molar-refractivity contribution in [2.75, 3.05) is 5.32 Å². The van der Waals surface area contributed by atoms with Crippen molar-refractivity contribution in [2.24, 2.45) is 7.05 Å². The summed E-state index contributed by atoms with van der Waals surface area (Å²) < 4.78 is 3.98. The van der Waals surface area contributed by atoms with Crippen molar-refractivity contribution in [3.8, 4) is 0 Å². The molecule has 0 amide bonds. The van der Waals surface area contributed by atoms with Crippen molar-refractivity contribution < 1.29 is 0 Å². The van der Waals surface area contributed by atoms with Crippen LogP contribution in [0.3, 0.4) is 0 Å². The summed E-state index contributed by atoms with van der Waals surface area (Å²) in [7, 11) is 2.00. The first kappa shape index (κ1) is 13.2. The number of rotatable bonds is 6. The van der Waals surface area contributed by atoms with E-state index in [-0.39, 0.29) is 0 Å². The molecule has 1 fully saturated rings. The maximum atomic E-state index is 4.58. The fourth-order valence-electron chi connectivity index (χ4n) is 2.50. The Bertz CT molecular complexity index is 591. The summed E-state index contributed by atoms with van der Waals surface area (Å²) in [6, 6.07) is 2.18. The van der Waals surface area contributed by atoms with Crippen LogP contribution in [0, 0.1) is 6.92 Å². The lowest BCUT2D eigenvalue weighted by molar-refractivity contribution is 0.598. The number of anilines is 1. The van der Waals surface area contributed by atoms with Gasteiger partial charge in [0.25, 0.3) is 0 Å². The Morgan fingerprint density at radius 2 is 2.15 bits per heavy atom. The molecule has 20 heavy (non-hydrogen) atoms. The lowest BCUT2D eigenvalue weighted by Crippen LogP contribution is -2.04. The molecule has 1 aliphatic rings. The molecule has 0 aromatic carbocycles. The van der Waals surface area contributed by atoms with E-state index in [2.05, 4.69) is 41.6 Å². The minimum Gasteiger partial charge on any atom is -0.366 e. The van der Waals surface area contributed by atoms with Crippen LogP contribution in [0.5, 0.6) is 0 Å². The normalized spacial score (nSPS) is 14.8. The van der Waals surface area contributed by atoms with Gasteiger partial charge in [-0.05, 0) is 26.2 Å². The predicted molar refractivity (Wildman–Crippen MR) is 79.8 cm³/mol. The highest BCUT2D eigenvalue weighted by Crippen LogP contribution is 2.39. The Morgan fingerprint density at radius 1 is 1.35 bits per heavy atom. The third kappa shape index (κ3) is 2.71. The molecule has 5 heteroatoms. The quantitative estimate of drug-likeness (QED) is 0.880. The maximum Gasteiger partial charge on any atom is 0.124 e. The lowest BCUT2D eigenvalue weighted by atomic mass is 10.2. The zero-order valence-corrected chi connectivity index (χ0v) is 12.6. The van der Waals surface area contributed by atoms with E-state index in [0.717, 1.165) is 31.0 Å². The molecule has 2 heterocycles. The van der Waals surface area contributed by atoms with Gasteiger partial charge in [0, 0.05) is 43.9 Å². The molecule has 5 nitrogen and oxygen atoms in total. The van der Waals surface area contributed by atoms with Gasteiger partial charge in [0.2, 0.25) is 0 Å². The highest BCUT2D eigenvalue weighted by molar-refractivity contribution is 5.40. The van der Waals surface area contributed by atoms with E-state index in [0.29, 0.717) is 5.92 Å². The summed E-state index contributed by atoms with van der Waals surface area (Å²) in [5.74, 6) is 1.79. The van der Waals surface area contributed by atoms with Crippen LogP contribution in [0.4, 0.5) is 5.82 Å². The molecule has 3 rings (SSSR count). The topological polar surface area (TPSA) is 47.7 Å². The van der Waals surface area contributed by atoms with Crippen LogP contribution in [0.1, 0.15) is 49.1 Å². The van der Waals surface area contributed by atoms with E-state index in [1.165, 1.54) is 24.1 Å². The van der Waals surface area contributed by atoms with Crippen molar-refractivity contribution in [1.82, 2.24) is 19.6 Å². The molecule has 0 bridgehead atoms. The van der Waals surface area contributed by atoms with Crippen molar-refractivity contribution in [2.45, 2.75) is 52.1 Å². The van der Waals surface area contributed by atoms with Gasteiger partial charge in [0.05, 0.1) is 11.4 Å². The Labute approximate surface area is 120 Å². The average molecular weight is 273 g/mol. The summed E-state index contributed by atoms with van der Waals surface area (Å²) in [6.45, 7) is 6.03. The molecule has 1 aliphatic carbocycles. The smallest absolute Gasteiger partial charge is 0.124 e. The van der Waals surface area contributed by atoms with Gasteiger partial charge in [-0.2, -0.15) is 10.2 Å². The number of nitrogens with zero attached hydrogens (tertiary/aromatic N) is 4. The number of hydrogen-bond acceptors (Lipinski definition) is 3. The molecular formula is C15H23N5. The Hall–Kier alpha value is -1.78. The molecule has 1 N–H and O–H groups in total. The van der Waals surface area contributed by atoms with Crippen LogP contribution in [-0.4, -0.2) is 19.6 Å². The Kier molecular flexibility index (Phi) is 3.51. The summed E-state index contributed by atoms with van der Waals surface area (Å²) in [6.07, 6.45) is 5.84. The fraction of sp³-hybridized carbons (Fsp3) is 0.600. The second-order valence-corrected chi connectivity index (χ2v) is 5.71. The van der Waals surface area contributed by atoms with E-state index < -0.39 is 0 Å². The van der Waals surface area contributed by atoms with Crippen molar-refractivity contribution in [3.05, 3.63) is 29.2 Å². The molecule has 0 saturated heterocycles. The fourth-order valence-corrected chi connectivity index (χ4v) is 2.50. The van der Waals surface area contributed by atoms with Crippen molar-refractivity contribution in [1.29, 1.82) is 0 Å². The number of hydrogen-bond donors (Lipinski definition) is 1. The molecule has 0 atom stereocenters. The van der Waals surface area contributed by atoms with Crippen molar-refractivity contribution >= 4 is 5.82 Å². The second-order valence-electron chi connectivity index (χ2n) is 5.71. The van der Waals surface area contributed by atoms with Crippen LogP contribution in [-0.2, 0) is 20.1 Å². The van der Waals surface area contributed by atoms with Crippen LogP contribution < -0.4 is 5.32 Å². The molecule has 0 unspecified atom stereocenters. The van der Waals surface area contributed by atoms with Gasteiger partial charge in [0.15, 0.2) is 0 Å². The summed E-state index contributed by atoms with van der Waals surface area (Å²) in [5.41, 5.74) is 3.59. The molecule has 2 aromatic rings. The van der Waals surface area contributed by atoms with Gasteiger partial charge in [0.1, 0.15) is 5.82 Å². The highest BCUT2D eigenvalue weighted by atomic mass is 15.3. The van der Waals surface area contributed by atoms with Gasteiger partial charge in [-0.3, -0.25) is 9.36 Å². The number of aromatic nitrogens is 4. The number of aryl methyl sites for hydroxylation is 3. The molecule has 1 saturated carbocycles. The largest absolute Gasteiger partial charge is 0.366 e. The molecule has 0 spiro atoms. The van der Waals surface area contributed by atoms with Crippen LogP contribution in [0.15, 0.2) is 12.3 Å². The molecule has 2 aromatic heterocycles. The predicted octanol–water partition coefficient (Wildman–Crippen LogP) is 2.82. The Balaban J connectivity index is 1.66. The average Bonchev–Trinajstić information content (AvgIpc) is 3.11. The first-order valence-corrected chi connectivity index (χ1v) is 7.48. The van der Waals surface area contributed by atoms with Gasteiger partial charge < -0.3 is 5.32 Å². The van der Waals surface area contributed by atoms with E-state index in [1.54, 1.807) is 0 Å². The summed E-state index contributed by atoms with van der Waals surface area (Å²) in [4.78, 5) is 0. The highest BCUT2D eigenvalue weighted by Gasteiger charge is 2.26. The van der Waals surface area contributed by atoms with Gasteiger partial charge >= 0.3 is 0 Å². The number of nitrogens with one attached hydrogen (secondary N) is 1. The molecule has 0 aliphatic heterocycles. The van der Waals surface area contributed by atoms with Crippen LogP contribution >= 0.6 is 0 Å². The Morgan fingerprint density at radius 3 is 2.85 bits per heavy atom. The molecule has 108 valence electrons. The van der Waals surface area contributed by atoms with Crippen LogP contribution in [0.25, 0.3) is 0 Å². The minimum absolute atomic E-state index is 0.700. The van der Waals surface area contributed by atoms with E-state index in [1.807, 2.05) is 16.4 Å². The van der Waals surface area contributed by atoms with Crippen LogP contribution in [0.2, 0.25) is 0 Å². The SMILES string of the molecule is CCCn1cc(CNc2cc(C3CC3)nn2C)c(C)n1. The van der Waals surface area contributed by atoms with Gasteiger partial charge in [-0.1, -0.05) is 6.92 Å². The first-order valence-electron chi connectivity index (χ1n) is 7.48. The summed E-state index contributed by atoms with van der Waals surface area (Å²) in [5, 5.41) is 12.6. The van der Waals surface area contributed by atoms with Gasteiger partial charge in [-0.25, -0.2) is 0 Å². The maximum absolute atomic E-state index is 4.58. The zero-order chi connectivity index (χ0) is 14.1. The van der Waals surface area contributed by atoms with Gasteiger partial charge in [-0.15, -0.1) is 0 Å². The molecule has 0 radical (unpaired) electrons. The van der Waals surface area contributed by atoms with E-state index in [4.69, 9.17) is 0 Å². The third-order valence-corrected chi connectivity index (χ3v) is 3.86. The summed E-state index contributed by atoms with van der Waals surface area (Å²) >= 11 is 0. The standard InChI is InChI=1S/C15H23N5/c1-4-7-20-10-13(11(2)17-20)9-16-15-8-14(12-5-6-12)18-19(15)3/h8,10,12,16H,4-7,9H2,1-3H3. The van der Waals surface area contributed by atoms with Crippen molar-refractivity contribution in [3.63, 3.8) is 0 Å².